The number of benzene rings is 3. The molecule has 35 heavy (non-hydrogen) atoms. The summed E-state index contributed by atoms with van der Waals surface area (Å²) in [5.41, 5.74) is 0.470. The van der Waals surface area contributed by atoms with Crippen molar-refractivity contribution in [2.45, 2.75) is 30.4 Å². The summed E-state index contributed by atoms with van der Waals surface area (Å²) in [6.07, 6.45) is 1.40. The maximum atomic E-state index is 13.8. The highest BCUT2D eigenvalue weighted by Crippen LogP contribution is 2.29. The van der Waals surface area contributed by atoms with Crippen LogP contribution in [0.4, 0.5) is 8.78 Å². The number of nitrogens with zero attached hydrogens (tertiary/aromatic N) is 1. The minimum Gasteiger partial charge on any atom is -0.379 e. The molecule has 1 aliphatic rings. The van der Waals surface area contributed by atoms with E-state index in [9.17, 15) is 22.0 Å². The first kappa shape index (κ1) is 25.1. The van der Waals surface area contributed by atoms with Gasteiger partial charge in [-0.25, -0.2) is 8.78 Å². The summed E-state index contributed by atoms with van der Waals surface area (Å²) in [6, 6.07) is 13.9. The summed E-state index contributed by atoms with van der Waals surface area (Å²) < 4.78 is 63.6. The number of rotatable bonds is 8. The van der Waals surface area contributed by atoms with Crippen LogP contribution in [0.25, 0.3) is 0 Å². The lowest BCUT2D eigenvalue weighted by Gasteiger charge is -2.26. The van der Waals surface area contributed by atoms with Crippen LogP contribution in [0.5, 0.6) is 5.75 Å². The fourth-order valence-corrected chi connectivity index (χ4v) is 4.94. The van der Waals surface area contributed by atoms with Gasteiger partial charge in [0.05, 0.1) is 6.10 Å². The van der Waals surface area contributed by atoms with Gasteiger partial charge in [0.2, 0.25) is 0 Å². The zero-order valence-electron chi connectivity index (χ0n) is 18.5. The smallest absolute Gasteiger partial charge is 0.339 e. The molecule has 1 fully saturated rings. The molecule has 0 aromatic heterocycles. The van der Waals surface area contributed by atoms with Gasteiger partial charge in [-0.1, -0.05) is 17.7 Å². The van der Waals surface area contributed by atoms with E-state index in [1.165, 1.54) is 41.3 Å². The Bertz CT molecular complexity index is 1310. The molecule has 10 heteroatoms. The summed E-state index contributed by atoms with van der Waals surface area (Å²) in [7, 11) is -4.29. The molecule has 4 rings (SSSR count). The van der Waals surface area contributed by atoms with Crippen molar-refractivity contribution < 1.29 is 30.9 Å². The van der Waals surface area contributed by atoms with Crippen LogP contribution in [-0.2, 0) is 21.4 Å². The normalized spacial score (nSPS) is 15.7. The second-order valence-corrected chi connectivity index (χ2v) is 10.1. The van der Waals surface area contributed by atoms with Crippen LogP contribution in [0.3, 0.4) is 0 Å². The summed E-state index contributed by atoms with van der Waals surface area (Å²) in [5, 5.41) is 0.307. The Kier molecular flexibility index (Phi) is 7.69. The van der Waals surface area contributed by atoms with Crippen molar-refractivity contribution in [1.82, 2.24) is 4.90 Å². The highest BCUT2D eigenvalue weighted by Gasteiger charge is 2.26. The van der Waals surface area contributed by atoms with Crippen LogP contribution >= 0.6 is 11.6 Å². The first-order valence-electron chi connectivity index (χ1n) is 10.9. The van der Waals surface area contributed by atoms with Gasteiger partial charge < -0.3 is 13.8 Å². The van der Waals surface area contributed by atoms with Crippen molar-refractivity contribution in [3.63, 3.8) is 0 Å². The SMILES string of the molecule is O=C(c1cccc(F)c1)N(Cc1cc(Cl)ccc1OS(=O)(=O)c1ccc(F)cc1)CC1CCCO1. The zero-order valence-corrected chi connectivity index (χ0v) is 20.1. The first-order valence-corrected chi connectivity index (χ1v) is 12.6. The second kappa shape index (κ2) is 10.7. The second-order valence-electron chi connectivity index (χ2n) is 8.07. The number of ether oxygens (including phenoxy) is 1. The number of hydrogen-bond donors (Lipinski definition) is 0. The van der Waals surface area contributed by atoms with Gasteiger partial charge in [-0.05, 0) is 73.5 Å². The fraction of sp³-hybridized carbons (Fsp3) is 0.240. The minimum absolute atomic E-state index is 0.0388. The van der Waals surface area contributed by atoms with E-state index in [1.807, 2.05) is 0 Å². The predicted octanol–water partition coefficient (Wildman–Crippen LogP) is 5.21. The Morgan fingerprint density at radius 1 is 1.06 bits per heavy atom. The van der Waals surface area contributed by atoms with Crippen LogP contribution in [0.2, 0.25) is 5.02 Å². The Morgan fingerprint density at radius 3 is 2.51 bits per heavy atom. The Hall–Kier alpha value is -3.01. The highest BCUT2D eigenvalue weighted by molar-refractivity contribution is 7.87. The van der Waals surface area contributed by atoms with E-state index < -0.39 is 27.7 Å². The molecule has 184 valence electrons. The van der Waals surface area contributed by atoms with Gasteiger partial charge >= 0.3 is 10.1 Å². The largest absolute Gasteiger partial charge is 0.379 e. The van der Waals surface area contributed by atoms with Gasteiger partial charge in [0.25, 0.3) is 5.91 Å². The lowest BCUT2D eigenvalue weighted by Crippen LogP contribution is -2.37. The van der Waals surface area contributed by atoms with Crippen molar-refractivity contribution in [2.75, 3.05) is 13.2 Å². The number of carbonyl (C=O) groups excluding carboxylic acids is 1. The zero-order chi connectivity index (χ0) is 25.0. The highest BCUT2D eigenvalue weighted by atomic mass is 35.5. The average Bonchev–Trinajstić information content (AvgIpc) is 3.33. The van der Waals surface area contributed by atoms with Crippen molar-refractivity contribution in [3.8, 4) is 5.75 Å². The molecule has 3 aromatic rings. The number of halogens is 3. The van der Waals surface area contributed by atoms with Gasteiger partial charge in [0.1, 0.15) is 22.3 Å². The molecule has 1 atom stereocenters. The van der Waals surface area contributed by atoms with Crippen LogP contribution in [-0.4, -0.2) is 38.5 Å². The predicted molar refractivity (Wildman–Crippen MR) is 126 cm³/mol. The van der Waals surface area contributed by atoms with Crippen molar-refractivity contribution in [3.05, 3.63) is 94.5 Å². The molecular weight excluding hydrogens is 500 g/mol. The summed E-state index contributed by atoms with van der Waals surface area (Å²) >= 11 is 6.17. The Labute approximate surface area is 207 Å². The quantitative estimate of drug-likeness (QED) is 0.381. The van der Waals surface area contributed by atoms with Crippen molar-refractivity contribution in [2.24, 2.45) is 0 Å². The lowest BCUT2D eigenvalue weighted by atomic mass is 10.1. The van der Waals surface area contributed by atoms with Crippen LogP contribution in [0, 0.1) is 11.6 Å². The van der Waals surface area contributed by atoms with Gasteiger partial charge in [-0.15, -0.1) is 0 Å². The molecule has 0 radical (unpaired) electrons. The molecule has 0 saturated carbocycles. The molecule has 0 spiro atoms. The van der Waals surface area contributed by atoms with E-state index in [0.29, 0.717) is 17.2 Å². The molecule has 0 N–H and O–H groups in total. The average molecular weight is 522 g/mol. The molecule has 1 unspecified atom stereocenters. The van der Waals surface area contributed by atoms with E-state index >= 15 is 0 Å². The minimum atomic E-state index is -4.29. The monoisotopic (exact) mass is 521 g/mol. The number of amides is 1. The third-order valence-electron chi connectivity index (χ3n) is 5.49. The Morgan fingerprint density at radius 2 is 1.83 bits per heavy atom. The van der Waals surface area contributed by atoms with Gasteiger partial charge in [0, 0.05) is 35.8 Å². The van der Waals surface area contributed by atoms with Crippen LogP contribution < -0.4 is 4.18 Å². The molecule has 6 nitrogen and oxygen atoms in total. The molecule has 1 aliphatic heterocycles. The topological polar surface area (TPSA) is 72.9 Å². The van der Waals surface area contributed by atoms with Gasteiger partial charge in [-0.3, -0.25) is 4.79 Å². The fourth-order valence-electron chi connectivity index (χ4n) is 3.78. The van der Waals surface area contributed by atoms with E-state index in [-0.39, 0.29) is 35.4 Å². The van der Waals surface area contributed by atoms with E-state index in [1.54, 1.807) is 0 Å². The molecule has 3 aromatic carbocycles. The molecule has 1 amide bonds. The van der Waals surface area contributed by atoms with Crippen molar-refractivity contribution in [1.29, 1.82) is 0 Å². The number of hydrogen-bond acceptors (Lipinski definition) is 5. The lowest BCUT2D eigenvalue weighted by molar-refractivity contribution is 0.0506. The van der Waals surface area contributed by atoms with Crippen LogP contribution in [0.15, 0.2) is 71.6 Å². The van der Waals surface area contributed by atoms with Gasteiger partial charge in [0.15, 0.2) is 0 Å². The molecule has 0 bridgehead atoms. The first-order chi connectivity index (χ1) is 16.7. The van der Waals surface area contributed by atoms with E-state index in [2.05, 4.69) is 0 Å². The molecule has 1 saturated heterocycles. The Balaban J connectivity index is 1.65. The maximum absolute atomic E-state index is 13.8. The van der Waals surface area contributed by atoms with E-state index in [0.717, 1.165) is 43.2 Å². The third-order valence-corrected chi connectivity index (χ3v) is 6.98. The third kappa shape index (κ3) is 6.36. The summed E-state index contributed by atoms with van der Waals surface area (Å²) in [5.74, 6) is -1.63. The van der Waals surface area contributed by atoms with Crippen LogP contribution in [0.1, 0.15) is 28.8 Å². The van der Waals surface area contributed by atoms with E-state index in [4.69, 9.17) is 20.5 Å². The standard InChI is InChI=1S/C25H22ClF2NO5S/c26-19-6-11-24(34-35(31,32)23-9-7-20(27)8-10-23)18(13-19)15-29(16-22-5-2-12-33-22)25(30)17-3-1-4-21(28)14-17/h1,3-4,6-11,13-14,22H,2,5,12,15-16H2. The summed E-state index contributed by atoms with van der Waals surface area (Å²) in [6.45, 7) is 0.726. The van der Waals surface area contributed by atoms with Gasteiger partial charge in [-0.2, -0.15) is 8.42 Å². The maximum Gasteiger partial charge on any atom is 0.339 e. The molecule has 0 aliphatic carbocycles. The molecule has 1 heterocycles. The van der Waals surface area contributed by atoms with Crippen molar-refractivity contribution >= 4 is 27.6 Å². The number of carbonyl (C=O) groups is 1. The summed E-state index contributed by atoms with van der Waals surface area (Å²) in [4.78, 5) is 14.5. The molecular formula is C25H22ClF2NO5S.